The molecule has 3 rings (SSSR count). The Bertz CT molecular complexity index is 718. The minimum Gasteiger partial charge on any atom is -0.497 e. The second kappa shape index (κ2) is 5.76. The van der Waals surface area contributed by atoms with Gasteiger partial charge in [-0.2, -0.15) is 0 Å². The van der Waals surface area contributed by atoms with Gasteiger partial charge >= 0.3 is 0 Å². The number of amides is 1. The number of carbonyl (C=O) groups excluding carboxylic acids is 1. The van der Waals surface area contributed by atoms with E-state index in [4.69, 9.17) is 4.74 Å². The molecule has 3 N–H and O–H groups in total. The molecule has 0 bridgehead atoms. The molecule has 1 fully saturated rings. The second-order valence-corrected chi connectivity index (χ2v) is 5.43. The summed E-state index contributed by atoms with van der Waals surface area (Å²) in [4.78, 5) is 20.5. The van der Waals surface area contributed by atoms with Crippen molar-refractivity contribution >= 4 is 22.8 Å². The third-order valence-electron chi connectivity index (χ3n) is 3.61. The second-order valence-electron chi connectivity index (χ2n) is 5.43. The van der Waals surface area contributed by atoms with E-state index < -0.39 is 0 Å². The van der Waals surface area contributed by atoms with Crippen molar-refractivity contribution in [2.24, 2.45) is 0 Å². The summed E-state index contributed by atoms with van der Waals surface area (Å²) in [6.07, 6.45) is 0.0987. The van der Waals surface area contributed by atoms with Crippen molar-refractivity contribution in [3.63, 3.8) is 0 Å². The first-order chi connectivity index (χ1) is 10.5. The van der Waals surface area contributed by atoms with Crippen LogP contribution in [0.25, 0.3) is 10.9 Å². The fraction of sp³-hybridized carbons (Fsp3) is 0.400. The average molecular weight is 301 g/mol. The van der Waals surface area contributed by atoms with Crippen molar-refractivity contribution < 1.29 is 9.53 Å². The molecule has 1 saturated heterocycles. The van der Waals surface area contributed by atoms with Crippen molar-refractivity contribution in [3.8, 4) is 5.75 Å². The summed E-state index contributed by atoms with van der Waals surface area (Å²) in [5.41, 5.74) is 1.67. The Morgan fingerprint density at radius 2 is 2.18 bits per heavy atom. The molecule has 1 aliphatic rings. The summed E-state index contributed by atoms with van der Waals surface area (Å²) in [6.45, 7) is 3.89. The van der Waals surface area contributed by atoms with Gasteiger partial charge in [-0.05, 0) is 32.0 Å². The molecular weight excluding hydrogens is 282 g/mol. The van der Waals surface area contributed by atoms with E-state index in [1.54, 1.807) is 7.11 Å². The van der Waals surface area contributed by atoms with Crippen LogP contribution in [-0.2, 0) is 4.79 Å². The Kier molecular flexibility index (Phi) is 3.81. The maximum atomic E-state index is 11.6. The van der Waals surface area contributed by atoms with Gasteiger partial charge < -0.3 is 15.4 Å². The predicted molar refractivity (Wildman–Crippen MR) is 83.6 cm³/mol. The summed E-state index contributed by atoms with van der Waals surface area (Å²) in [7, 11) is 1.63. The largest absolute Gasteiger partial charge is 0.497 e. The molecule has 2 aromatic rings. The first-order valence-corrected chi connectivity index (χ1v) is 7.19. The Labute approximate surface area is 128 Å². The monoisotopic (exact) mass is 301 g/mol. The molecular formula is C15H19N5O2. The molecule has 1 aliphatic heterocycles. The third-order valence-corrected chi connectivity index (χ3v) is 3.61. The Hall–Kier alpha value is -2.41. The number of methoxy groups -OCH3 is 1. The lowest BCUT2D eigenvalue weighted by atomic mass is 10.2. The van der Waals surface area contributed by atoms with Gasteiger partial charge in [0.2, 0.25) is 11.9 Å². The zero-order valence-corrected chi connectivity index (χ0v) is 12.8. The molecule has 7 heteroatoms. The number of nitrogens with one attached hydrogen (secondary N) is 3. The number of nitrogens with zero attached hydrogens (tertiary/aromatic N) is 2. The quantitative estimate of drug-likeness (QED) is 0.788. The van der Waals surface area contributed by atoms with Crippen molar-refractivity contribution in [2.45, 2.75) is 32.6 Å². The van der Waals surface area contributed by atoms with Gasteiger partial charge in [0.1, 0.15) is 5.75 Å². The van der Waals surface area contributed by atoms with Crippen molar-refractivity contribution in [3.05, 3.63) is 23.9 Å². The Morgan fingerprint density at radius 1 is 1.36 bits per heavy atom. The fourth-order valence-corrected chi connectivity index (χ4v) is 2.54. The zero-order chi connectivity index (χ0) is 15.7. The number of ether oxygens (including phenoxy) is 1. The van der Waals surface area contributed by atoms with Crippen LogP contribution in [0.15, 0.2) is 18.2 Å². The maximum absolute atomic E-state index is 11.6. The highest BCUT2D eigenvalue weighted by molar-refractivity contribution is 5.83. The van der Waals surface area contributed by atoms with Crippen LogP contribution >= 0.6 is 0 Å². The van der Waals surface area contributed by atoms with Crippen LogP contribution in [0.3, 0.4) is 0 Å². The van der Waals surface area contributed by atoms with Gasteiger partial charge in [-0.25, -0.2) is 9.97 Å². The molecule has 0 aliphatic carbocycles. The van der Waals surface area contributed by atoms with E-state index in [-0.39, 0.29) is 18.2 Å². The molecule has 0 radical (unpaired) electrons. The molecule has 1 amide bonds. The number of benzene rings is 1. The van der Waals surface area contributed by atoms with E-state index in [1.807, 2.05) is 32.0 Å². The normalized spacial score (nSPS) is 21.5. The third kappa shape index (κ3) is 2.94. The number of aromatic nitrogens is 2. The molecule has 0 spiro atoms. The van der Waals surface area contributed by atoms with Gasteiger partial charge in [0.05, 0.1) is 18.3 Å². The lowest BCUT2D eigenvalue weighted by Crippen LogP contribution is -2.59. The highest BCUT2D eigenvalue weighted by atomic mass is 16.5. The molecule has 2 atom stereocenters. The number of rotatable bonds is 3. The lowest BCUT2D eigenvalue weighted by molar-refractivity contribution is -0.123. The minimum absolute atomic E-state index is 0.00555. The minimum atomic E-state index is -0.369. The Morgan fingerprint density at radius 3 is 2.91 bits per heavy atom. The molecule has 2 heterocycles. The highest BCUT2D eigenvalue weighted by Gasteiger charge is 2.23. The van der Waals surface area contributed by atoms with E-state index in [0.29, 0.717) is 12.4 Å². The van der Waals surface area contributed by atoms with E-state index in [9.17, 15) is 4.79 Å². The number of fused-ring (bicyclic) bond motifs is 1. The van der Waals surface area contributed by atoms with Crippen LogP contribution in [0, 0.1) is 6.92 Å². The summed E-state index contributed by atoms with van der Waals surface area (Å²) >= 11 is 0. The number of aryl methyl sites for hydroxylation is 1. The van der Waals surface area contributed by atoms with E-state index in [0.717, 1.165) is 22.3 Å². The molecule has 116 valence electrons. The van der Waals surface area contributed by atoms with Gasteiger partial charge in [0.15, 0.2) is 6.29 Å². The topological polar surface area (TPSA) is 88.2 Å². The molecule has 1 aromatic carbocycles. The molecule has 22 heavy (non-hydrogen) atoms. The number of carbonyl (C=O) groups is 1. The van der Waals surface area contributed by atoms with E-state index in [1.165, 1.54) is 0 Å². The number of hydrogen-bond acceptors (Lipinski definition) is 6. The summed E-state index contributed by atoms with van der Waals surface area (Å²) < 4.78 is 5.22. The molecule has 7 nitrogen and oxygen atoms in total. The Balaban J connectivity index is 1.87. The van der Waals surface area contributed by atoms with Gasteiger partial charge in [-0.15, -0.1) is 0 Å². The van der Waals surface area contributed by atoms with Gasteiger partial charge in [0, 0.05) is 17.8 Å². The van der Waals surface area contributed by atoms with Crippen molar-refractivity contribution in [2.75, 3.05) is 12.4 Å². The van der Waals surface area contributed by atoms with Crippen LogP contribution < -0.4 is 20.7 Å². The first kappa shape index (κ1) is 14.5. The van der Waals surface area contributed by atoms with Crippen LogP contribution in [0.2, 0.25) is 0 Å². The lowest BCUT2D eigenvalue weighted by Gasteiger charge is -2.30. The summed E-state index contributed by atoms with van der Waals surface area (Å²) in [5, 5.41) is 10.1. The van der Waals surface area contributed by atoms with Gasteiger partial charge in [-0.3, -0.25) is 10.1 Å². The van der Waals surface area contributed by atoms with Gasteiger partial charge in [-0.1, -0.05) is 0 Å². The van der Waals surface area contributed by atoms with Crippen LogP contribution in [0.1, 0.15) is 19.0 Å². The molecule has 2 unspecified atom stereocenters. The smallest absolute Gasteiger partial charge is 0.226 e. The molecule has 0 saturated carbocycles. The van der Waals surface area contributed by atoms with Crippen molar-refractivity contribution in [1.29, 1.82) is 0 Å². The number of anilines is 1. The SMILES string of the molecule is COc1ccc2nc(NC3NC(=O)CC(C)N3)nc(C)c2c1. The van der Waals surface area contributed by atoms with E-state index >= 15 is 0 Å². The van der Waals surface area contributed by atoms with Crippen LogP contribution in [-0.4, -0.2) is 35.3 Å². The fourth-order valence-electron chi connectivity index (χ4n) is 2.54. The highest BCUT2D eigenvalue weighted by Crippen LogP contribution is 2.22. The molecule has 1 aromatic heterocycles. The maximum Gasteiger partial charge on any atom is 0.226 e. The van der Waals surface area contributed by atoms with Crippen LogP contribution in [0.5, 0.6) is 5.75 Å². The average Bonchev–Trinajstić information content (AvgIpc) is 2.46. The van der Waals surface area contributed by atoms with Crippen molar-refractivity contribution in [1.82, 2.24) is 20.6 Å². The first-order valence-electron chi connectivity index (χ1n) is 7.19. The van der Waals surface area contributed by atoms with E-state index in [2.05, 4.69) is 25.9 Å². The number of hydrogen-bond donors (Lipinski definition) is 3. The van der Waals surface area contributed by atoms with Gasteiger partial charge in [0.25, 0.3) is 0 Å². The standard InChI is InChI=1S/C15H19N5O2/c1-8-6-13(21)19-14(16-8)20-15-17-9(2)11-7-10(22-3)4-5-12(11)18-15/h4-5,7-8,14,16H,6H2,1-3H3,(H,19,21)(H,17,18,20). The summed E-state index contributed by atoms with van der Waals surface area (Å²) in [5.74, 6) is 1.25. The zero-order valence-electron chi connectivity index (χ0n) is 12.8. The summed E-state index contributed by atoms with van der Waals surface area (Å²) in [6, 6.07) is 5.78. The van der Waals surface area contributed by atoms with Crippen LogP contribution in [0.4, 0.5) is 5.95 Å². The predicted octanol–water partition coefficient (Wildman–Crippen LogP) is 1.14.